The Labute approximate surface area is 88.7 Å². The third-order valence-corrected chi connectivity index (χ3v) is 3.86. The molecule has 1 N–H and O–H groups in total. The Morgan fingerprint density at radius 1 is 1.50 bits per heavy atom. The second-order valence-corrected chi connectivity index (χ2v) is 3.83. The van der Waals surface area contributed by atoms with E-state index < -0.39 is 5.41 Å². The van der Waals surface area contributed by atoms with E-state index in [1.807, 2.05) is 0 Å². The predicted molar refractivity (Wildman–Crippen MR) is 53.7 cm³/mol. The van der Waals surface area contributed by atoms with Crippen molar-refractivity contribution in [2.45, 2.75) is 6.92 Å². The first kappa shape index (κ1) is 12.4. The van der Waals surface area contributed by atoms with Crippen molar-refractivity contribution in [3.8, 4) is 0 Å². The summed E-state index contributed by atoms with van der Waals surface area (Å²) in [6.07, 6.45) is 0. The van der Waals surface area contributed by atoms with Crippen LogP contribution in [0.4, 0.5) is 0 Å². The van der Waals surface area contributed by atoms with Gasteiger partial charge in [0.25, 0.3) is 0 Å². The summed E-state index contributed by atoms with van der Waals surface area (Å²) in [4.78, 5) is 10.5. The maximum Gasteiger partial charge on any atom is 0.302 e. The fourth-order valence-electron chi connectivity index (χ4n) is 0.498. The Bertz CT molecular complexity index is 137. The minimum Gasteiger partial charge on any atom is -0.465 e. The van der Waals surface area contributed by atoms with Gasteiger partial charge in [-0.25, -0.2) is 0 Å². The number of hydrogen-bond acceptors (Lipinski definition) is 3. The molecule has 0 heterocycles. The van der Waals surface area contributed by atoms with E-state index in [1.54, 1.807) is 0 Å². The van der Waals surface area contributed by atoms with Crippen LogP contribution < -0.4 is 0 Å². The third-order valence-electron chi connectivity index (χ3n) is 1.48. The number of aliphatic hydroxyl groups excluding tert-OH is 1. The van der Waals surface area contributed by atoms with Crippen LogP contribution in [0.1, 0.15) is 6.92 Å². The summed E-state index contributed by atoms with van der Waals surface area (Å²) in [7, 11) is 0. The monoisotopic (exact) mass is 302 g/mol. The van der Waals surface area contributed by atoms with E-state index in [9.17, 15) is 4.79 Å². The molecule has 0 aliphatic rings. The summed E-state index contributed by atoms with van der Waals surface area (Å²) < 4.78 is 4.82. The Morgan fingerprint density at radius 3 is 2.25 bits per heavy atom. The van der Waals surface area contributed by atoms with Crippen LogP contribution in [0, 0.1) is 5.41 Å². The quantitative estimate of drug-likeness (QED) is 0.615. The van der Waals surface area contributed by atoms with E-state index >= 15 is 0 Å². The average molecular weight is 304 g/mol. The predicted octanol–water partition coefficient (Wildman–Crippen LogP) is 1.32. The van der Waals surface area contributed by atoms with Gasteiger partial charge in [-0.15, -0.1) is 0 Å². The minimum absolute atomic E-state index is 0.0171. The standard InChI is InChI=1S/C7H12Br2O3/c1-6(11)12-5-7(2-8,3-9)4-10/h10H,2-5H2,1H3. The molecule has 0 aromatic carbocycles. The van der Waals surface area contributed by atoms with Gasteiger partial charge in [0.15, 0.2) is 0 Å². The first-order valence-electron chi connectivity index (χ1n) is 3.46. The summed E-state index contributed by atoms with van der Waals surface area (Å²) >= 11 is 6.52. The van der Waals surface area contributed by atoms with Crippen molar-refractivity contribution in [3.63, 3.8) is 0 Å². The molecule has 3 nitrogen and oxygen atoms in total. The zero-order valence-corrected chi connectivity index (χ0v) is 10.0. The Kier molecular flexibility index (Phi) is 6.13. The smallest absolute Gasteiger partial charge is 0.302 e. The maximum absolute atomic E-state index is 10.5. The lowest BCUT2D eigenvalue weighted by Gasteiger charge is -2.26. The van der Waals surface area contributed by atoms with E-state index in [1.165, 1.54) is 6.92 Å². The van der Waals surface area contributed by atoms with E-state index in [2.05, 4.69) is 31.9 Å². The summed E-state index contributed by atoms with van der Waals surface area (Å²) in [5, 5.41) is 10.2. The molecule has 0 aromatic heterocycles. The van der Waals surface area contributed by atoms with Gasteiger partial charge in [0.1, 0.15) is 6.61 Å². The van der Waals surface area contributed by atoms with Gasteiger partial charge in [-0.3, -0.25) is 4.79 Å². The van der Waals surface area contributed by atoms with Gasteiger partial charge >= 0.3 is 5.97 Å². The molecule has 0 aliphatic carbocycles. The molecular weight excluding hydrogens is 292 g/mol. The average Bonchev–Trinajstić information content (AvgIpc) is 2.08. The van der Waals surface area contributed by atoms with E-state index in [0.29, 0.717) is 10.7 Å². The minimum atomic E-state index is -0.397. The summed E-state index contributed by atoms with van der Waals surface area (Å²) in [5.41, 5.74) is -0.397. The summed E-state index contributed by atoms with van der Waals surface area (Å²) in [5.74, 6) is -0.324. The molecule has 0 aliphatic heterocycles. The molecular formula is C7H12Br2O3. The van der Waals surface area contributed by atoms with Crippen LogP contribution in [0.2, 0.25) is 0 Å². The van der Waals surface area contributed by atoms with E-state index in [-0.39, 0.29) is 19.2 Å². The van der Waals surface area contributed by atoms with Gasteiger partial charge in [-0.05, 0) is 0 Å². The second-order valence-electron chi connectivity index (χ2n) is 2.71. The number of carbonyl (C=O) groups excluding carboxylic acids is 1. The van der Waals surface area contributed by atoms with Crippen LogP contribution in [0.25, 0.3) is 0 Å². The topological polar surface area (TPSA) is 46.5 Å². The molecule has 0 saturated carbocycles. The zero-order valence-electron chi connectivity index (χ0n) is 6.85. The summed E-state index contributed by atoms with van der Waals surface area (Å²) in [6.45, 7) is 1.57. The van der Waals surface area contributed by atoms with Gasteiger partial charge in [0, 0.05) is 23.0 Å². The highest BCUT2D eigenvalue weighted by Gasteiger charge is 2.28. The highest BCUT2D eigenvalue weighted by Crippen LogP contribution is 2.22. The van der Waals surface area contributed by atoms with Gasteiger partial charge in [-0.1, -0.05) is 31.9 Å². The van der Waals surface area contributed by atoms with Crippen LogP contribution >= 0.6 is 31.9 Å². The zero-order chi connectivity index (χ0) is 9.61. The van der Waals surface area contributed by atoms with Gasteiger partial charge in [-0.2, -0.15) is 0 Å². The lowest BCUT2D eigenvalue weighted by Crippen LogP contribution is -2.35. The normalized spacial score (nSPS) is 11.3. The number of esters is 1. The number of alkyl halides is 2. The van der Waals surface area contributed by atoms with Crippen molar-refractivity contribution < 1.29 is 14.6 Å². The number of hydrogen-bond donors (Lipinski definition) is 1. The van der Waals surface area contributed by atoms with Crippen molar-refractivity contribution in [2.75, 3.05) is 23.9 Å². The molecule has 0 bridgehead atoms. The van der Waals surface area contributed by atoms with Crippen molar-refractivity contribution in [2.24, 2.45) is 5.41 Å². The fourth-order valence-corrected chi connectivity index (χ4v) is 2.10. The van der Waals surface area contributed by atoms with Crippen molar-refractivity contribution in [1.82, 2.24) is 0 Å². The molecule has 12 heavy (non-hydrogen) atoms. The van der Waals surface area contributed by atoms with Crippen molar-refractivity contribution >= 4 is 37.8 Å². The molecule has 0 saturated heterocycles. The molecule has 0 radical (unpaired) electrons. The fraction of sp³-hybridized carbons (Fsp3) is 0.857. The summed E-state index contributed by atoms with van der Waals surface area (Å²) in [6, 6.07) is 0. The van der Waals surface area contributed by atoms with E-state index in [0.717, 1.165) is 0 Å². The SMILES string of the molecule is CC(=O)OCC(CO)(CBr)CBr. The number of carbonyl (C=O) groups is 1. The van der Waals surface area contributed by atoms with Crippen LogP contribution in [-0.4, -0.2) is 34.9 Å². The first-order chi connectivity index (χ1) is 5.60. The van der Waals surface area contributed by atoms with Crippen LogP contribution in [0.15, 0.2) is 0 Å². The number of aliphatic hydroxyl groups is 1. The largest absolute Gasteiger partial charge is 0.465 e. The first-order valence-corrected chi connectivity index (χ1v) is 5.70. The maximum atomic E-state index is 10.5. The molecule has 5 heteroatoms. The van der Waals surface area contributed by atoms with Gasteiger partial charge < -0.3 is 9.84 Å². The molecule has 0 aromatic rings. The van der Waals surface area contributed by atoms with Gasteiger partial charge in [0.2, 0.25) is 0 Å². The highest BCUT2D eigenvalue weighted by molar-refractivity contribution is 9.09. The highest BCUT2D eigenvalue weighted by atomic mass is 79.9. The molecule has 0 amide bonds. The Balaban J connectivity index is 4.01. The number of halogens is 2. The molecule has 0 atom stereocenters. The molecule has 0 fully saturated rings. The van der Waals surface area contributed by atoms with Crippen molar-refractivity contribution in [3.05, 3.63) is 0 Å². The van der Waals surface area contributed by atoms with Crippen LogP contribution in [0.5, 0.6) is 0 Å². The second kappa shape index (κ2) is 5.94. The number of ether oxygens (including phenoxy) is 1. The lowest BCUT2D eigenvalue weighted by molar-refractivity contribution is -0.144. The van der Waals surface area contributed by atoms with E-state index in [4.69, 9.17) is 9.84 Å². The van der Waals surface area contributed by atoms with Gasteiger partial charge in [0.05, 0.1) is 6.61 Å². The third kappa shape index (κ3) is 3.87. The lowest BCUT2D eigenvalue weighted by atomic mass is 9.96. The molecule has 0 unspecified atom stereocenters. The van der Waals surface area contributed by atoms with Crippen LogP contribution in [-0.2, 0) is 9.53 Å². The van der Waals surface area contributed by atoms with Crippen LogP contribution in [0.3, 0.4) is 0 Å². The van der Waals surface area contributed by atoms with Crippen molar-refractivity contribution in [1.29, 1.82) is 0 Å². The molecule has 0 rings (SSSR count). The Hall–Kier alpha value is 0.390. The molecule has 72 valence electrons. The number of rotatable bonds is 5. The Morgan fingerprint density at radius 2 is 2.00 bits per heavy atom. The molecule has 0 spiro atoms.